The summed E-state index contributed by atoms with van der Waals surface area (Å²) in [5.74, 6) is -0.0407. The number of hydrogen-bond acceptors (Lipinski definition) is 4. The first-order valence-electron chi connectivity index (χ1n) is 5.99. The molecular formula is C11H20N2O3. The van der Waals surface area contributed by atoms with Gasteiger partial charge in [0.15, 0.2) is 6.10 Å². The number of piperidine rings is 1. The Hall–Kier alpha value is -0.650. The second kappa shape index (κ2) is 5.61. The van der Waals surface area contributed by atoms with Crippen molar-refractivity contribution in [1.82, 2.24) is 10.6 Å². The molecule has 5 heteroatoms. The van der Waals surface area contributed by atoms with Crippen LogP contribution < -0.4 is 10.6 Å². The van der Waals surface area contributed by atoms with Crippen molar-refractivity contribution < 1.29 is 14.3 Å². The highest BCUT2D eigenvalue weighted by atomic mass is 16.6. The highest BCUT2D eigenvalue weighted by Gasteiger charge is 2.26. The average molecular weight is 228 g/mol. The Morgan fingerprint density at radius 2 is 2.25 bits per heavy atom. The standard InChI is InChI=1S/C11H20N2O3/c1-8-2-3-9(6-12-8)13-11(14)10-7-15-4-5-16-10/h8-10,12H,2-7H2,1H3,(H,13,14). The summed E-state index contributed by atoms with van der Waals surface area (Å²) in [4.78, 5) is 11.8. The van der Waals surface area contributed by atoms with Crippen LogP contribution in [0.3, 0.4) is 0 Å². The van der Waals surface area contributed by atoms with Crippen LogP contribution in [0.15, 0.2) is 0 Å². The van der Waals surface area contributed by atoms with E-state index in [2.05, 4.69) is 17.6 Å². The maximum absolute atomic E-state index is 11.8. The van der Waals surface area contributed by atoms with Crippen molar-refractivity contribution in [2.75, 3.05) is 26.4 Å². The zero-order valence-electron chi connectivity index (χ0n) is 9.70. The highest BCUT2D eigenvalue weighted by molar-refractivity contribution is 5.81. The van der Waals surface area contributed by atoms with Gasteiger partial charge >= 0.3 is 0 Å². The molecule has 92 valence electrons. The molecule has 2 aliphatic rings. The van der Waals surface area contributed by atoms with Gasteiger partial charge in [0.05, 0.1) is 19.8 Å². The van der Waals surface area contributed by atoms with Crippen molar-refractivity contribution in [1.29, 1.82) is 0 Å². The lowest BCUT2D eigenvalue weighted by Gasteiger charge is -2.30. The van der Waals surface area contributed by atoms with E-state index in [0.717, 1.165) is 19.4 Å². The van der Waals surface area contributed by atoms with Crippen molar-refractivity contribution in [3.05, 3.63) is 0 Å². The third-order valence-corrected chi connectivity index (χ3v) is 3.12. The van der Waals surface area contributed by atoms with E-state index < -0.39 is 6.10 Å². The van der Waals surface area contributed by atoms with Crippen LogP contribution in [-0.2, 0) is 14.3 Å². The van der Waals surface area contributed by atoms with E-state index >= 15 is 0 Å². The monoisotopic (exact) mass is 228 g/mol. The fourth-order valence-corrected chi connectivity index (χ4v) is 2.06. The molecule has 0 spiro atoms. The van der Waals surface area contributed by atoms with Crippen LogP contribution in [0.4, 0.5) is 0 Å². The summed E-state index contributed by atoms with van der Waals surface area (Å²) in [6.45, 7) is 4.49. The molecule has 0 saturated carbocycles. The van der Waals surface area contributed by atoms with Gasteiger partial charge in [-0.05, 0) is 19.8 Å². The molecule has 3 atom stereocenters. The maximum Gasteiger partial charge on any atom is 0.251 e. The molecule has 2 rings (SSSR count). The van der Waals surface area contributed by atoms with E-state index in [1.165, 1.54) is 0 Å². The second-order valence-electron chi connectivity index (χ2n) is 4.53. The van der Waals surface area contributed by atoms with Crippen molar-refractivity contribution in [2.24, 2.45) is 0 Å². The molecular weight excluding hydrogens is 208 g/mol. The zero-order valence-corrected chi connectivity index (χ0v) is 9.70. The summed E-state index contributed by atoms with van der Waals surface area (Å²) >= 11 is 0. The quantitative estimate of drug-likeness (QED) is 0.679. The molecule has 0 aromatic carbocycles. The van der Waals surface area contributed by atoms with Gasteiger partial charge in [0.1, 0.15) is 0 Å². The van der Waals surface area contributed by atoms with Crippen LogP contribution in [-0.4, -0.2) is 50.5 Å². The number of amides is 1. The minimum atomic E-state index is -0.423. The van der Waals surface area contributed by atoms with E-state index in [4.69, 9.17) is 9.47 Å². The van der Waals surface area contributed by atoms with Gasteiger partial charge in [-0.1, -0.05) is 0 Å². The van der Waals surface area contributed by atoms with Crippen LogP contribution in [0.1, 0.15) is 19.8 Å². The third kappa shape index (κ3) is 3.17. The lowest BCUT2D eigenvalue weighted by Crippen LogP contribution is -2.52. The predicted molar refractivity (Wildman–Crippen MR) is 59.2 cm³/mol. The van der Waals surface area contributed by atoms with Gasteiger partial charge in [-0.15, -0.1) is 0 Å². The Bertz CT molecular complexity index is 233. The molecule has 5 nitrogen and oxygen atoms in total. The van der Waals surface area contributed by atoms with Gasteiger partial charge in [0.2, 0.25) is 0 Å². The number of nitrogens with one attached hydrogen (secondary N) is 2. The molecule has 2 fully saturated rings. The summed E-state index contributed by atoms with van der Waals surface area (Å²) in [6.07, 6.45) is 1.72. The Kier molecular flexibility index (Phi) is 4.15. The van der Waals surface area contributed by atoms with Crippen molar-refractivity contribution in [2.45, 2.75) is 38.0 Å². The van der Waals surface area contributed by atoms with Crippen molar-refractivity contribution >= 4 is 5.91 Å². The number of carbonyl (C=O) groups excluding carboxylic acids is 1. The van der Waals surface area contributed by atoms with E-state index in [1.54, 1.807) is 0 Å². The van der Waals surface area contributed by atoms with Gasteiger partial charge in [0.25, 0.3) is 5.91 Å². The summed E-state index contributed by atoms with van der Waals surface area (Å²) in [5, 5.41) is 6.36. The first-order valence-corrected chi connectivity index (χ1v) is 5.99. The van der Waals surface area contributed by atoms with Gasteiger partial charge in [-0.3, -0.25) is 4.79 Å². The first-order chi connectivity index (χ1) is 7.75. The minimum absolute atomic E-state index is 0.0407. The molecule has 2 aliphatic heterocycles. The highest BCUT2D eigenvalue weighted by Crippen LogP contribution is 2.08. The van der Waals surface area contributed by atoms with Gasteiger partial charge < -0.3 is 20.1 Å². The fourth-order valence-electron chi connectivity index (χ4n) is 2.06. The molecule has 0 aromatic heterocycles. The SMILES string of the molecule is CC1CCC(NC(=O)C2COCCO2)CN1. The van der Waals surface area contributed by atoms with Gasteiger partial charge in [0, 0.05) is 18.6 Å². The van der Waals surface area contributed by atoms with E-state index in [1.807, 2.05) is 0 Å². The first kappa shape index (κ1) is 11.8. The Morgan fingerprint density at radius 3 is 2.88 bits per heavy atom. The van der Waals surface area contributed by atoms with Gasteiger partial charge in [-0.25, -0.2) is 0 Å². The number of carbonyl (C=O) groups is 1. The van der Waals surface area contributed by atoms with Gasteiger partial charge in [-0.2, -0.15) is 0 Å². The Labute approximate surface area is 95.9 Å². The van der Waals surface area contributed by atoms with Crippen LogP contribution in [0.5, 0.6) is 0 Å². The van der Waals surface area contributed by atoms with Crippen molar-refractivity contribution in [3.8, 4) is 0 Å². The Balaban J connectivity index is 1.73. The summed E-state index contributed by atoms with van der Waals surface area (Å²) in [6, 6.07) is 0.789. The summed E-state index contributed by atoms with van der Waals surface area (Å²) in [5.41, 5.74) is 0. The van der Waals surface area contributed by atoms with Crippen LogP contribution in [0.2, 0.25) is 0 Å². The van der Waals surface area contributed by atoms with E-state index in [9.17, 15) is 4.79 Å². The van der Waals surface area contributed by atoms with Crippen molar-refractivity contribution in [3.63, 3.8) is 0 Å². The molecule has 16 heavy (non-hydrogen) atoms. The lowest BCUT2D eigenvalue weighted by molar-refractivity contribution is -0.148. The van der Waals surface area contributed by atoms with Crippen LogP contribution >= 0.6 is 0 Å². The minimum Gasteiger partial charge on any atom is -0.376 e. The maximum atomic E-state index is 11.8. The Morgan fingerprint density at radius 1 is 1.38 bits per heavy atom. The zero-order chi connectivity index (χ0) is 11.4. The molecule has 0 aliphatic carbocycles. The normalized spacial score (nSPS) is 35.7. The molecule has 3 unspecified atom stereocenters. The predicted octanol–water partition coefficient (Wildman–Crippen LogP) is -0.341. The third-order valence-electron chi connectivity index (χ3n) is 3.12. The van der Waals surface area contributed by atoms with Crippen LogP contribution in [0.25, 0.3) is 0 Å². The molecule has 0 bridgehead atoms. The molecule has 0 radical (unpaired) electrons. The fraction of sp³-hybridized carbons (Fsp3) is 0.909. The molecule has 2 N–H and O–H groups in total. The topological polar surface area (TPSA) is 59.6 Å². The summed E-state index contributed by atoms with van der Waals surface area (Å²) < 4.78 is 10.6. The largest absolute Gasteiger partial charge is 0.376 e. The molecule has 1 amide bonds. The lowest BCUT2D eigenvalue weighted by atomic mass is 10.0. The number of ether oxygens (including phenoxy) is 2. The van der Waals surface area contributed by atoms with E-state index in [0.29, 0.717) is 25.9 Å². The molecule has 0 aromatic rings. The second-order valence-corrected chi connectivity index (χ2v) is 4.53. The number of hydrogen-bond donors (Lipinski definition) is 2. The molecule has 2 heterocycles. The van der Waals surface area contributed by atoms with Crippen LogP contribution in [0, 0.1) is 0 Å². The molecule has 2 saturated heterocycles. The number of rotatable bonds is 2. The summed E-state index contributed by atoms with van der Waals surface area (Å²) in [7, 11) is 0. The van der Waals surface area contributed by atoms with E-state index in [-0.39, 0.29) is 11.9 Å². The average Bonchev–Trinajstić information content (AvgIpc) is 2.33. The smallest absolute Gasteiger partial charge is 0.251 e.